The molecule has 1 amide bonds. The molecule has 2 aromatic heterocycles. The summed E-state index contributed by atoms with van der Waals surface area (Å²) in [5.74, 6) is -0.432. The van der Waals surface area contributed by atoms with Crippen LogP contribution in [0.25, 0.3) is 5.69 Å². The Hall–Kier alpha value is -3.15. The molecule has 6 heteroatoms. The van der Waals surface area contributed by atoms with Crippen molar-refractivity contribution in [2.75, 3.05) is 5.32 Å². The number of benzene rings is 1. The average Bonchev–Trinajstić information content (AvgIpc) is 2.87. The number of rotatable bonds is 3. The van der Waals surface area contributed by atoms with Gasteiger partial charge >= 0.3 is 0 Å². The molecule has 3 aromatic rings. The third kappa shape index (κ3) is 2.99. The van der Waals surface area contributed by atoms with Crippen LogP contribution in [0.3, 0.4) is 0 Å². The van der Waals surface area contributed by atoms with Crippen molar-refractivity contribution in [3.05, 3.63) is 75.7 Å². The second-order valence-corrected chi connectivity index (χ2v) is 5.68. The Balaban J connectivity index is 1.80. The van der Waals surface area contributed by atoms with Gasteiger partial charge in [0.2, 0.25) is 0 Å². The van der Waals surface area contributed by atoms with Gasteiger partial charge in [-0.05, 0) is 45.0 Å². The number of amides is 1. The molecule has 0 radical (unpaired) electrons. The van der Waals surface area contributed by atoms with Crippen molar-refractivity contribution >= 4 is 11.6 Å². The largest absolute Gasteiger partial charge is 0.364 e. The van der Waals surface area contributed by atoms with Gasteiger partial charge in [0.15, 0.2) is 5.43 Å². The van der Waals surface area contributed by atoms with Gasteiger partial charge < -0.3 is 14.9 Å². The minimum atomic E-state index is -0.432. The van der Waals surface area contributed by atoms with Crippen molar-refractivity contribution in [2.24, 2.45) is 0 Å². The molecule has 24 heavy (non-hydrogen) atoms. The lowest BCUT2D eigenvalue weighted by atomic mass is 10.2. The summed E-state index contributed by atoms with van der Waals surface area (Å²) in [5, 5.41) is 2.73. The first-order valence-corrected chi connectivity index (χ1v) is 7.57. The van der Waals surface area contributed by atoms with Crippen LogP contribution in [-0.4, -0.2) is 20.4 Å². The Morgan fingerprint density at radius 3 is 2.46 bits per heavy atom. The highest BCUT2D eigenvalue weighted by Gasteiger charge is 2.11. The van der Waals surface area contributed by atoms with E-state index in [9.17, 15) is 9.59 Å². The van der Waals surface area contributed by atoms with Gasteiger partial charge in [-0.15, -0.1) is 0 Å². The number of nitrogens with one attached hydrogen (secondary N) is 2. The number of aromatic nitrogens is 3. The SMILES string of the molecule is Cc1cc(=O)c(C(=O)Nc2ccc(-n3cnc(C)c3C)cc2)c[nH]1. The summed E-state index contributed by atoms with van der Waals surface area (Å²) in [6, 6.07) is 8.78. The van der Waals surface area contributed by atoms with Crippen molar-refractivity contribution < 1.29 is 4.79 Å². The fourth-order valence-electron chi connectivity index (χ4n) is 2.41. The molecule has 0 saturated heterocycles. The highest BCUT2D eigenvalue weighted by Crippen LogP contribution is 2.17. The molecule has 0 spiro atoms. The molecule has 0 saturated carbocycles. The van der Waals surface area contributed by atoms with Gasteiger partial charge in [-0.2, -0.15) is 0 Å². The molecule has 122 valence electrons. The van der Waals surface area contributed by atoms with Crippen molar-refractivity contribution in [3.8, 4) is 5.69 Å². The van der Waals surface area contributed by atoms with E-state index >= 15 is 0 Å². The van der Waals surface area contributed by atoms with Crippen LogP contribution in [0, 0.1) is 20.8 Å². The van der Waals surface area contributed by atoms with Gasteiger partial charge in [-0.3, -0.25) is 9.59 Å². The lowest BCUT2D eigenvalue weighted by molar-refractivity contribution is 0.102. The Kier molecular flexibility index (Phi) is 4.04. The standard InChI is InChI=1S/C18H18N4O2/c1-11-8-17(23)16(9-19-11)18(24)21-14-4-6-15(7-5-14)22-10-20-12(2)13(22)3/h4-10H,1-3H3,(H,19,23)(H,21,24). The van der Waals surface area contributed by atoms with E-state index in [0.717, 1.165) is 17.1 Å². The molecule has 0 unspecified atom stereocenters. The number of carbonyl (C=O) groups excluding carboxylic acids is 1. The molecule has 0 aliphatic carbocycles. The van der Waals surface area contributed by atoms with Crippen LogP contribution < -0.4 is 10.7 Å². The second-order valence-electron chi connectivity index (χ2n) is 5.68. The first kappa shape index (κ1) is 15.7. The zero-order valence-electron chi connectivity index (χ0n) is 13.8. The van der Waals surface area contributed by atoms with Crippen LogP contribution in [0.5, 0.6) is 0 Å². The molecule has 3 rings (SSSR count). The summed E-state index contributed by atoms with van der Waals surface area (Å²) in [6.07, 6.45) is 3.20. The van der Waals surface area contributed by atoms with Gasteiger partial charge in [-0.25, -0.2) is 4.98 Å². The number of nitrogens with zero attached hydrogens (tertiary/aromatic N) is 2. The van der Waals surface area contributed by atoms with Crippen molar-refractivity contribution in [1.29, 1.82) is 0 Å². The van der Waals surface area contributed by atoms with Crippen LogP contribution in [0.1, 0.15) is 27.4 Å². The number of aryl methyl sites for hydroxylation is 2. The Bertz CT molecular complexity index is 952. The molecule has 0 aliphatic rings. The van der Waals surface area contributed by atoms with Gasteiger partial charge in [-0.1, -0.05) is 0 Å². The average molecular weight is 322 g/mol. The fraction of sp³-hybridized carbons (Fsp3) is 0.167. The topological polar surface area (TPSA) is 79.8 Å². The summed E-state index contributed by atoms with van der Waals surface area (Å²) in [4.78, 5) is 31.2. The predicted octanol–water partition coefficient (Wildman–Crippen LogP) is 2.74. The number of H-pyrrole nitrogens is 1. The second kappa shape index (κ2) is 6.16. The van der Waals surface area contributed by atoms with Crippen LogP contribution >= 0.6 is 0 Å². The van der Waals surface area contributed by atoms with Crippen LogP contribution in [0.2, 0.25) is 0 Å². The molecule has 0 bridgehead atoms. The monoisotopic (exact) mass is 322 g/mol. The molecule has 0 aliphatic heterocycles. The quantitative estimate of drug-likeness (QED) is 0.778. The zero-order valence-corrected chi connectivity index (χ0v) is 13.8. The molecule has 2 N–H and O–H groups in total. The van der Waals surface area contributed by atoms with E-state index in [-0.39, 0.29) is 11.0 Å². The number of aromatic amines is 1. The van der Waals surface area contributed by atoms with E-state index in [2.05, 4.69) is 15.3 Å². The smallest absolute Gasteiger partial charge is 0.261 e. The lowest BCUT2D eigenvalue weighted by Crippen LogP contribution is -2.21. The Morgan fingerprint density at radius 1 is 1.17 bits per heavy atom. The van der Waals surface area contributed by atoms with E-state index < -0.39 is 5.91 Å². The number of carbonyl (C=O) groups is 1. The highest BCUT2D eigenvalue weighted by atomic mass is 16.2. The summed E-state index contributed by atoms with van der Waals surface area (Å²) in [7, 11) is 0. The number of pyridine rings is 1. The zero-order chi connectivity index (χ0) is 17.3. The summed E-state index contributed by atoms with van der Waals surface area (Å²) < 4.78 is 1.98. The molecule has 0 fully saturated rings. The minimum Gasteiger partial charge on any atom is -0.364 e. The van der Waals surface area contributed by atoms with Crippen LogP contribution in [0.4, 0.5) is 5.69 Å². The van der Waals surface area contributed by atoms with Gasteiger partial charge in [0.25, 0.3) is 5.91 Å². The molecule has 6 nitrogen and oxygen atoms in total. The normalized spacial score (nSPS) is 10.6. The van der Waals surface area contributed by atoms with Crippen molar-refractivity contribution in [2.45, 2.75) is 20.8 Å². The summed E-state index contributed by atoms with van der Waals surface area (Å²) >= 11 is 0. The maximum atomic E-state index is 12.2. The van der Waals surface area contributed by atoms with E-state index in [1.54, 1.807) is 25.4 Å². The van der Waals surface area contributed by atoms with Crippen molar-refractivity contribution in [1.82, 2.24) is 14.5 Å². The Labute approximate surface area is 139 Å². The van der Waals surface area contributed by atoms with Crippen molar-refractivity contribution in [3.63, 3.8) is 0 Å². The number of anilines is 1. The maximum Gasteiger partial charge on any atom is 0.261 e. The first-order chi connectivity index (χ1) is 11.5. The third-order valence-electron chi connectivity index (χ3n) is 3.96. The number of hydrogen-bond acceptors (Lipinski definition) is 3. The van der Waals surface area contributed by atoms with Gasteiger partial charge in [0.05, 0.1) is 12.0 Å². The van der Waals surface area contributed by atoms with Crippen LogP contribution in [-0.2, 0) is 0 Å². The molecule has 2 heterocycles. The molecule has 1 aromatic carbocycles. The Morgan fingerprint density at radius 2 is 1.88 bits per heavy atom. The first-order valence-electron chi connectivity index (χ1n) is 7.57. The number of imidazole rings is 1. The predicted molar refractivity (Wildman–Crippen MR) is 92.8 cm³/mol. The molecular formula is C18H18N4O2. The van der Waals surface area contributed by atoms with E-state index in [1.807, 2.05) is 30.5 Å². The minimum absolute atomic E-state index is 0.0887. The van der Waals surface area contributed by atoms with Crippen LogP contribution in [0.15, 0.2) is 47.7 Å². The summed E-state index contributed by atoms with van der Waals surface area (Å²) in [6.45, 7) is 5.73. The maximum absolute atomic E-state index is 12.2. The number of hydrogen-bond donors (Lipinski definition) is 2. The third-order valence-corrected chi connectivity index (χ3v) is 3.96. The van der Waals surface area contributed by atoms with Gasteiger partial charge in [0.1, 0.15) is 5.56 Å². The van der Waals surface area contributed by atoms with E-state index in [0.29, 0.717) is 11.4 Å². The van der Waals surface area contributed by atoms with Gasteiger partial charge in [0, 0.05) is 35.0 Å². The van der Waals surface area contributed by atoms with E-state index in [4.69, 9.17) is 0 Å². The highest BCUT2D eigenvalue weighted by molar-refractivity contribution is 6.04. The molecule has 0 atom stereocenters. The molecular weight excluding hydrogens is 304 g/mol. The lowest BCUT2D eigenvalue weighted by Gasteiger charge is -2.08. The fourth-order valence-corrected chi connectivity index (χ4v) is 2.41. The summed E-state index contributed by atoms with van der Waals surface area (Å²) in [5.41, 5.74) is 4.13. The van der Waals surface area contributed by atoms with E-state index in [1.165, 1.54) is 12.3 Å².